The molecule has 1 aromatic rings. The van der Waals surface area contributed by atoms with E-state index in [1.807, 2.05) is 44.2 Å². The van der Waals surface area contributed by atoms with E-state index in [2.05, 4.69) is 95.3 Å². The number of carbonyl (C=O) groups excluding carboxylic acids is 3. The molecular formula is C55H95NO13Si2. The van der Waals surface area contributed by atoms with Gasteiger partial charge in [-0.1, -0.05) is 119 Å². The number of ketones is 1. The van der Waals surface area contributed by atoms with Gasteiger partial charge in [0, 0.05) is 72.2 Å². The number of nitrogens with zero attached hydrogens (tertiary/aromatic N) is 1. The zero-order valence-corrected chi connectivity index (χ0v) is 49.2. The van der Waals surface area contributed by atoms with Crippen molar-refractivity contribution in [1.29, 1.82) is 0 Å². The second-order valence-electron chi connectivity index (χ2n) is 22.7. The number of rotatable bonds is 31. The average Bonchev–Trinajstić information content (AvgIpc) is 3.66. The zero-order valence-electron chi connectivity index (χ0n) is 47.2. The molecule has 2 amide bonds. The van der Waals surface area contributed by atoms with Crippen LogP contribution in [0.3, 0.4) is 0 Å². The van der Waals surface area contributed by atoms with Gasteiger partial charge < -0.3 is 46.7 Å². The number of ether oxygens (including phenoxy) is 8. The minimum absolute atomic E-state index is 0.000704. The number of benzene rings is 1. The van der Waals surface area contributed by atoms with E-state index in [1.165, 1.54) is 14.2 Å². The van der Waals surface area contributed by atoms with Crippen LogP contribution >= 0.6 is 0 Å². The average molecular weight is 1030 g/mol. The third-order valence-corrected chi connectivity index (χ3v) is 26.0. The quantitative estimate of drug-likeness (QED) is 0.0395. The topological polar surface area (TPSA) is 147 Å². The smallest absolute Gasteiger partial charge is 0.417 e. The number of imide groups is 1. The van der Waals surface area contributed by atoms with Gasteiger partial charge in [-0.05, 0) is 71.6 Å². The summed E-state index contributed by atoms with van der Waals surface area (Å²) in [5.74, 6) is -0.127. The molecule has 71 heavy (non-hydrogen) atoms. The van der Waals surface area contributed by atoms with Crippen molar-refractivity contribution in [3.63, 3.8) is 0 Å². The highest BCUT2D eigenvalue weighted by Gasteiger charge is 2.48. The molecular weight excluding hydrogens is 939 g/mol. The summed E-state index contributed by atoms with van der Waals surface area (Å²) >= 11 is 0. The van der Waals surface area contributed by atoms with E-state index in [1.54, 1.807) is 20.3 Å². The van der Waals surface area contributed by atoms with Gasteiger partial charge in [-0.15, -0.1) is 0 Å². The van der Waals surface area contributed by atoms with Gasteiger partial charge in [0.15, 0.2) is 28.5 Å². The number of allylic oxidation sites excluding steroid dienone is 1. The van der Waals surface area contributed by atoms with E-state index in [0.29, 0.717) is 48.3 Å². The molecule has 16 heteroatoms. The van der Waals surface area contributed by atoms with E-state index in [0.717, 1.165) is 22.5 Å². The van der Waals surface area contributed by atoms with E-state index < -0.39 is 64.5 Å². The summed E-state index contributed by atoms with van der Waals surface area (Å²) in [6.07, 6.45) is 1.61. The van der Waals surface area contributed by atoms with Crippen molar-refractivity contribution in [2.75, 3.05) is 55.2 Å². The molecule has 0 N–H and O–H groups in total. The number of hydrogen-bond acceptors (Lipinski definition) is 13. The van der Waals surface area contributed by atoms with Crippen LogP contribution < -0.4 is 0 Å². The molecule has 0 aliphatic carbocycles. The van der Waals surface area contributed by atoms with Gasteiger partial charge in [-0.2, -0.15) is 0 Å². The van der Waals surface area contributed by atoms with Crippen LogP contribution in [-0.4, -0.2) is 137 Å². The fraction of sp³-hybridized carbons (Fsp3) is 0.764. The number of carbonyl (C=O) groups is 3. The highest BCUT2D eigenvalue weighted by molar-refractivity contribution is 6.77. The van der Waals surface area contributed by atoms with E-state index in [4.69, 9.17) is 46.7 Å². The van der Waals surface area contributed by atoms with Gasteiger partial charge in [0.05, 0.1) is 30.5 Å². The van der Waals surface area contributed by atoms with E-state index in [9.17, 15) is 14.4 Å². The second kappa shape index (κ2) is 28.2. The summed E-state index contributed by atoms with van der Waals surface area (Å²) in [6, 6.07) is 9.03. The first-order chi connectivity index (χ1) is 33.2. The third-order valence-electron chi connectivity index (χ3n) is 15.4. The lowest BCUT2D eigenvalue weighted by Gasteiger charge is -2.43. The molecule has 0 saturated carbocycles. The van der Waals surface area contributed by atoms with Crippen molar-refractivity contribution in [2.45, 2.75) is 206 Å². The molecule has 2 aliphatic rings. The molecule has 3 rings (SSSR count). The maximum atomic E-state index is 14.3. The predicted molar refractivity (Wildman–Crippen MR) is 284 cm³/mol. The van der Waals surface area contributed by atoms with Crippen LogP contribution in [-0.2, 0) is 62.8 Å². The van der Waals surface area contributed by atoms with Gasteiger partial charge in [0.1, 0.15) is 32.1 Å². The van der Waals surface area contributed by atoms with Gasteiger partial charge in [-0.3, -0.25) is 9.59 Å². The number of methoxy groups -OCH3 is 4. The third kappa shape index (κ3) is 16.9. The van der Waals surface area contributed by atoms with Crippen molar-refractivity contribution >= 4 is 34.4 Å². The Bertz CT molecular complexity index is 1840. The number of cyclic esters (lactones) is 1. The van der Waals surface area contributed by atoms with Gasteiger partial charge in [0.2, 0.25) is 0 Å². The maximum Gasteiger partial charge on any atom is 0.417 e. The summed E-state index contributed by atoms with van der Waals surface area (Å²) in [6.45, 7) is 34.2. The molecule has 0 unspecified atom stereocenters. The molecule has 0 aromatic heterocycles. The zero-order chi connectivity index (χ0) is 53.5. The molecule has 8 atom stereocenters. The maximum absolute atomic E-state index is 14.3. The summed E-state index contributed by atoms with van der Waals surface area (Å²) in [5, 5.41) is -0.0336. The molecule has 2 aliphatic heterocycles. The van der Waals surface area contributed by atoms with Crippen molar-refractivity contribution in [1.82, 2.24) is 4.90 Å². The van der Waals surface area contributed by atoms with Gasteiger partial charge >= 0.3 is 6.09 Å². The Morgan fingerprint density at radius 1 is 0.873 bits per heavy atom. The highest BCUT2D eigenvalue weighted by Crippen LogP contribution is 2.44. The number of amides is 2. The Morgan fingerprint density at radius 2 is 1.48 bits per heavy atom. The molecule has 0 spiro atoms. The fourth-order valence-corrected chi connectivity index (χ4v) is 17.0. The summed E-state index contributed by atoms with van der Waals surface area (Å²) in [5.41, 5.74) is 2.71. The molecule has 1 aromatic carbocycles. The second-order valence-corrected chi connectivity index (χ2v) is 33.0. The first-order valence-corrected chi connectivity index (χ1v) is 31.0. The minimum Gasteiger partial charge on any atom is -0.493 e. The highest BCUT2D eigenvalue weighted by atomic mass is 28.4. The Hall–Kier alpha value is -2.78. The van der Waals surface area contributed by atoms with Crippen molar-refractivity contribution in [3.8, 4) is 0 Å². The van der Waals surface area contributed by atoms with Crippen LogP contribution in [0.5, 0.6) is 0 Å². The minimum atomic E-state index is -2.29. The van der Waals surface area contributed by atoms with Crippen LogP contribution in [0.1, 0.15) is 128 Å². The Kier molecular flexibility index (Phi) is 24.8. The molecule has 14 nitrogen and oxygen atoms in total. The Balaban J connectivity index is 1.93. The van der Waals surface area contributed by atoms with Crippen LogP contribution in [0.2, 0.25) is 34.8 Å². The lowest BCUT2D eigenvalue weighted by molar-refractivity contribution is -0.168. The van der Waals surface area contributed by atoms with Crippen molar-refractivity contribution in [2.24, 2.45) is 11.3 Å². The van der Waals surface area contributed by atoms with Crippen molar-refractivity contribution in [3.05, 3.63) is 59.4 Å². The van der Waals surface area contributed by atoms with Gasteiger partial charge in [-0.25, -0.2) is 9.69 Å². The first-order valence-electron chi connectivity index (χ1n) is 26.0. The molecule has 1 saturated heterocycles. The van der Waals surface area contributed by atoms with Crippen LogP contribution in [0.15, 0.2) is 53.8 Å². The largest absolute Gasteiger partial charge is 0.493 e. The predicted octanol–water partition coefficient (Wildman–Crippen LogP) is 11.6. The molecule has 0 bridgehead atoms. The Labute approximate surface area is 430 Å². The SMILES string of the molecule is CC[C@H](/C=C(\C)[C@H](C[C@H](C[C@H](OCOC)C(C)(C)C1=CC(=O)C[C@H](C[C@@H](OC)[C@H](OCOC)C(=O)N2C(=O)OC[C@@H]2Cc2ccccc2)O1)OC)O[Si](C)(C)C(C)(C)C)CO[Si](C(C)C)(C(C)C)C(C)C. The number of hydrogen-bond donors (Lipinski definition) is 0. The summed E-state index contributed by atoms with van der Waals surface area (Å²) < 4.78 is 62.0. The lowest BCUT2D eigenvalue weighted by Crippen LogP contribution is -2.52. The molecule has 406 valence electrons. The Morgan fingerprint density at radius 3 is 2.01 bits per heavy atom. The summed E-state index contributed by atoms with van der Waals surface area (Å²) in [4.78, 5) is 42.3. The lowest BCUT2D eigenvalue weighted by atomic mass is 9.79. The molecule has 1 fully saturated rings. The van der Waals surface area contributed by atoms with E-state index in [-0.39, 0.29) is 62.0 Å². The first kappa shape index (κ1) is 62.5. The normalized spacial score (nSPS) is 20.2. The summed E-state index contributed by atoms with van der Waals surface area (Å²) in [7, 11) is 1.84. The van der Waals surface area contributed by atoms with Crippen LogP contribution in [0, 0.1) is 11.3 Å². The van der Waals surface area contributed by atoms with Crippen LogP contribution in [0.25, 0.3) is 0 Å². The standard InChI is InChI=1S/C55H95NO13Si2/c1-20-41(33-67-71(37(2)3,38(4)5)39(6)7)26-40(8)47(69-70(18,19)54(9,10)11)30-45(62-16)32-49(65-35-60-14)55(12,13)50-29-44(57)28-46(68-50)31-48(63-17)51(66-36-61-15)52(58)56-43(34-64-53(56)59)27-42-24-22-21-23-25-42/h21-26,29,37-39,41,43,45-49,51H,20,27-28,30-36H2,1-19H3/b40-26+/t41-,43+,45-,46-,47+,48-,49+,51+/m1/s1. The van der Waals surface area contributed by atoms with Crippen LogP contribution in [0.4, 0.5) is 4.79 Å². The van der Waals surface area contributed by atoms with Crippen molar-refractivity contribution < 1.29 is 61.1 Å². The van der Waals surface area contributed by atoms with E-state index >= 15 is 0 Å². The van der Waals surface area contributed by atoms with Gasteiger partial charge in [0.25, 0.3) is 5.91 Å². The molecule has 2 heterocycles. The molecule has 0 radical (unpaired) electrons. The fourth-order valence-electron chi connectivity index (χ4n) is 10.2. The monoisotopic (exact) mass is 1030 g/mol.